The standard InChI is InChI=1S/C21H30N4O2/c1-15(2)16(3)18-8-6-9-20(23-22-18)25-11-7-13-27-21(5)10-12-24(17(4)26)14-19(21)25/h8-9,19H,1,3,6-7,10-14H2,2,4-5H3. The van der Waals surface area contributed by atoms with Crippen LogP contribution in [0.1, 0.15) is 40.0 Å². The summed E-state index contributed by atoms with van der Waals surface area (Å²) in [5.74, 6) is 0.960. The molecule has 0 N–H and O–H groups in total. The van der Waals surface area contributed by atoms with Crippen molar-refractivity contribution in [1.29, 1.82) is 0 Å². The van der Waals surface area contributed by atoms with Crippen LogP contribution in [0.2, 0.25) is 0 Å². The van der Waals surface area contributed by atoms with Gasteiger partial charge in [-0.05, 0) is 50.3 Å². The van der Waals surface area contributed by atoms with Gasteiger partial charge in [-0.15, -0.1) is 10.2 Å². The average Bonchev–Trinajstić information content (AvgIpc) is 2.96. The molecule has 2 fully saturated rings. The van der Waals surface area contributed by atoms with Gasteiger partial charge in [0.25, 0.3) is 0 Å². The van der Waals surface area contributed by atoms with E-state index in [9.17, 15) is 4.79 Å². The monoisotopic (exact) mass is 370 g/mol. The maximum Gasteiger partial charge on any atom is 0.219 e. The summed E-state index contributed by atoms with van der Waals surface area (Å²) in [7, 11) is 0. The number of nitrogens with zero attached hydrogens (tertiary/aromatic N) is 4. The molecule has 0 bridgehead atoms. The van der Waals surface area contributed by atoms with Crippen LogP contribution in [0.15, 0.2) is 58.2 Å². The lowest BCUT2D eigenvalue weighted by Crippen LogP contribution is -2.61. The van der Waals surface area contributed by atoms with E-state index < -0.39 is 0 Å². The summed E-state index contributed by atoms with van der Waals surface area (Å²) in [5, 5.41) is 8.99. The van der Waals surface area contributed by atoms with E-state index in [2.05, 4.69) is 41.3 Å². The first kappa shape index (κ1) is 19.5. The van der Waals surface area contributed by atoms with Gasteiger partial charge in [-0.3, -0.25) is 4.79 Å². The second kappa shape index (κ2) is 7.80. The van der Waals surface area contributed by atoms with Gasteiger partial charge in [-0.2, -0.15) is 0 Å². The molecular weight excluding hydrogens is 340 g/mol. The number of hydrogen-bond donors (Lipinski definition) is 0. The molecule has 2 unspecified atom stereocenters. The van der Waals surface area contributed by atoms with Gasteiger partial charge < -0.3 is 14.5 Å². The van der Waals surface area contributed by atoms with Crippen LogP contribution in [-0.2, 0) is 9.53 Å². The minimum atomic E-state index is -0.289. The average molecular weight is 370 g/mol. The van der Waals surface area contributed by atoms with E-state index in [4.69, 9.17) is 4.74 Å². The normalized spacial score (nSPS) is 28.5. The first-order chi connectivity index (χ1) is 12.8. The molecule has 0 aromatic rings. The quantitative estimate of drug-likeness (QED) is 0.710. The molecule has 0 saturated carbocycles. The second-order valence-corrected chi connectivity index (χ2v) is 7.79. The lowest BCUT2D eigenvalue weighted by molar-refractivity contribution is -0.140. The van der Waals surface area contributed by atoms with Crippen molar-refractivity contribution in [1.82, 2.24) is 9.80 Å². The summed E-state index contributed by atoms with van der Waals surface area (Å²) in [6.07, 6.45) is 6.62. The number of carbonyl (C=O) groups excluding carboxylic acids is 1. The number of hydrogen-bond acceptors (Lipinski definition) is 5. The maximum absolute atomic E-state index is 12.0. The first-order valence-electron chi connectivity index (χ1n) is 9.65. The molecule has 2 atom stereocenters. The van der Waals surface area contributed by atoms with Gasteiger partial charge in [-0.1, -0.05) is 19.2 Å². The van der Waals surface area contributed by atoms with Crippen LogP contribution in [0.5, 0.6) is 0 Å². The fourth-order valence-electron chi connectivity index (χ4n) is 3.91. The van der Waals surface area contributed by atoms with Gasteiger partial charge >= 0.3 is 0 Å². The van der Waals surface area contributed by atoms with Crippen LogP contribution >= 0.6 is 0 Å². The number of fused-ring (bicyclic) bond motifs is 1. The highest BCUT2D eigenvalue weighted by Gasteiger charge is 2.46. The predicted molar refractivity (Wildman–Crippen MR) is 106 cm³/mol. The number of carbonyl (C=O) groups is 1. The Hall–Kier alpha value is -2.21. The predicted octanol–water partition coefficient (Wildman–Crippen LogP) is 3.80. The van der Waals surface area contributed by atoms with Crippen molar-refractivity contribution in [3.8, 4) is 0 Å². The van der Waals surface area contributed by atoms with Gasteiger partial charge in [0.1, 0.15) is 5.82 Å². The molecular formula is C21H30N4O2. The van der Waals surface area contributed by atoms with E-state index in [0.29, 0.717) is 6.54 Å². The SMILES string of the molecule is C=C(C)C(=C)C1=CCC=C(N2CCCOC3(C)CCN(C(C)=O)CC23)N=N1. The molecule has 0 aliphatic carbocycles. The number of amides is 1. The minimum absolute atomic E-state index is 0.0636. The zero-order chi connectivity index (χ0) is 19.6. The molecule has 6 nitrogen and oxygen atoms in total. The molecule has 0 radical (unpaired) electrons. The summed E-state index contributed by atoms with van der Waals surface area (Å²) >= 11 is 0. The van der Waals surface area contributed by atoms with Crippen LogP contribution in [-0.4, -0.2) is 53.6 Å². The van der Waals surface area contributed by atoms with Crippen LogP contribution in [0.4, 0.5) is 0 Å². The molecule has 0 aromatic heterocycles. The number of allylic oxidation sites excluding steroid dienone is 3. The first-order valence-corrected chi connectivity index (χ1v) is 9.65. The lowest BCUT2D eigenvalue weighted by Gasteiger charge is -2.48. The van der Waals surface area contributed by atoms with Crippen molar-refractivity contribution in [2.45, 2.75) is 51.7 Å². The minimum Gasteiger partial charge on any atom is -0.373 e. The van der Waals surface area contributed by atoms with E-state index in [1.54, 1.807) is 6.92 Å². The van der Waals surface area contributed by atoms with E-state index in [1.807, 2.05) is 17.9 Å². The third-order valence-electron chi connectivity index (χ3n) is 5.76. The molecule has 3 aliphatic heterocycles. The molecule has 1 amide bonds. The highest BCUT2D eigenvalue weighted by molar-refractivity contribution is 5.73. The van der Waals surface area contributed by atoms with Crippen molar-refractivity contribution >= 4 is 5.91 Å². The van der Waals surface area contributed by atoms with Crippen molar-refractivity contribution in [3.05, 3.63) is 48.0 Å². The topological polar surface area (TPSA) is 57.5 Å². The second-order valence-electron chi connectivity index (χ2n) is 7.79. The Kier molecular flexibility index (Phi) is 5.65. The molecule has 6 heteroatoms. The van der Waals surface area contributed by atoms with E-state index >= 15 is 0 Å². The Bertz CT molecular complexity index is 736. The van der Waals surface area contributed by atoms with E-state index in [1.165, 1.54) is 0 Å². The number of azo groups is 1. The number of likely N-dealkylation sites (tertiary alicyclic amines) is 1. The van der Waals surface area contributed by atoms with Crippen molar-refractivity contribution in [2.75, 3.05) is 26.2 Å². The summed E-state index contributed by atoms with van der Waals surface area (Å²) in [4.78, 5) is 16.2. The van der Waals surface area contributed by atoms with E-state index in [-0.39, 0.29) is 17.6 Å². The Labute approximate surface area is 162 Å². The van der Waals surface area contributed by atoms with Gasteiger partial charge in [0.05, 0.1) is 17.3 Å². The lowest BCUT2D eigenvalue weighted by atomic mass is 9.87. The van der Waals surface area contributed by atoms with Crippen LogP contribution in [0.3, 0.4) is 0 Å². The molecule has 2 saturated heterocycles. The molecule has 27 heavy (non-hydrogen) atoms. The summed E-state index contributed by atoms with van der Waals surface area (Å²) in [5.41, 5.74) is 2.20. The van der Waals surface area contributed by atoms with Gasteiger partial charge in [0, 0.05) is 33.2 Å². The number of piperidine rings is 1. The largest absolute Gasteiger partial charge is 0.373 e. The van der Waals surface area contributed by atoms with E-state index in [0.717, 1.165) is 61.6 Å². The summed E-state index contributed by atoms with van der Waals surface area (Å²) < 4.78 is 6.25. The molecule has 3 rings (SSSR count). The van der Waals surface area contributed by atoms with Crippen molar-refractivity contribution < 1.29 is 9.53 Å². The third kappa shape index (κ3) is 4.05. The molecule has 3 heterocycles. The third-order valence-corrected chi connectivity index (χ3v) is 5.76. The number of rotatable bonds is 3. The highest BCUT2D eigenvalue weighted by Crippen LogP contribution is 2.35. The Balaban J connectivity index is 1.86. The summed E-state index contributed by atoms with van der Waals surface area (Å²) in [6.45, 7) is 16.7. The van der Waals surface area contributed by atoms with Crippen LogP contribution in [0, 0.1) is 0 Å². The van der Waals surface area contributed by atoms with Crippen LogP contribution in [0.25, 0.3) is 0 Å². The Morgan fingerprint density at radius 2 is 2.04 bits per heavy atom. The fraction of sp³-hybridized carbons (Fsp3) is 0.571. The summed E-state index contributed by atoms with van der Waals surface area (Å²) in [6, 6.07) is 0.0636. The smallest absolute Gasteiger partial charge is 0.219 e. The molecule has 0 spiro atoms. The Morgan fingerprint density at radius 3 is 2.74 bits per heavy atom. The van der Waals surface area contributed by atoms with Gasteiger partial charge in [0.15, 0.2) is 0 Å². The van der Waals surface area contributed by atoms with Gasteiger partial charge in [-0.25, -0.2) is 0 Å². The van der Waals surface area contributed by atoms with Crippen LogP contribution < -0.4 is 0 Å². The zero-order valence-electron chi connectivity index (χ0n) is 16.7. The highest BCUT2D eigenvalue weighted by atomic mass is 16.5. The van der Waals surface area contributed by atoms with Crippen molar-refractivity contribution in [2.24, 2.45) is 10.2 Å². The molecule has 3 aliphatic rings. The fourth-order valence-corrected chi connectivity index (χ4v) is 3.91. The molecule has 146 valence electrons. The molecule has 0 aromatic carbocycles. The maximum atomic E-state index is 12.0. The Morgan fingerprint density at radius 1 is 1.26 bits per heavy atom. The zero-order valence-corrected chi connectivity index (χ0v) is 16.7. The van der Waals surface area contributed by atoms with Crippen molar-refractivity contribution in [3.63, 3.8) is 0 Å². The van der Waals surface area contributed by atoms with Gasteiger partial charge in [0.2, 0.25) is 5.91 Å². The number of ether oxygens (including phenoxy) is 1.